The molecule has 3 nitrogen and oxygen atoms in total. The van der Waals surface area contributed by atoms with Crippen LogP contribution in [0.5, 0.6) is 0 Å². The number of nitrogens with zero attached hydrogens (tertiary/aromatic N) is 1. The van der Waals surface area contributed by atoms with Crippen molar-refractivity contribution >= 4 is 11.8 Å². The van der Waals surface area contributed by atoms with E-state index in [1.807, 2.05) is 0 Å². The van der Waals surface area contributed by atoms with E-state index in [9.17, 15) is 9.59 Å². The highest BCUT2D eigenvalue weighted by Crippen LogP contribution is 2.73. The second kappa shape index (κ2) is 10.0. The Kier molecular flexibility index (Phi) is 8.02. The molecule has 1 atom stereocenters. The van der Waals surface area contributed by atoms with Crippen molar-refractivity contribution in [2.24, 2.45) is 29.1 Å². The molecule has 0 saturated heterocycles. The summed E-state index contributed by atoms with van der Waals surface area (Å²) in [5.41, 5.74) is 6.47. The van der Waals surface area contributed by atoms with Crippen LogP contribution in [0.15, 0.2) is 18.2 Å². The molecule has 2 amide bonds. The molecule has 2 aliphatic rings. The van der Waals surface area contributed by atoms with Crippen molar-refractivity contribution < 1.29 is 9.59 Å². The van der Waals surface area contributed by atoms with E-state index < -0.39 is 0 Å². The number of carbonyl (C=O) groups is 2. The number of carbonyl (C=O) groups excluding carboxylic acids is 2. The van der Waals surface area contributed by atoms with Gasteiger partial charge in [-0.3, -0.25) is 14.5 Å². The van der Waals surface area contributed by atoms with Gasteiger partial charge in [-0.1, -0.05) is 103 Å². The molecule has 1 aromatic carbocycles. The Bertz CT molecular complexity index is 1050. The third kappa shape index (κ3) is 3.80. The minimum absolute atomic E-state index is 0.167. The van der Waals surface area contributed by atoms with Crippen molar-refractivity contribution in [3.8, 4) is 0 Å². The summed E-state index contributed by atoms with van der Waals surface area (Å²) in [5, 5.41) is 0. The lowest BCUT2D eigenvalue weighted by atomic mass is 9.44. The van der Waals surface area contributed by atoms with Crippen LogP contribution >= 0.6 is 0 Å². The van der Waals surface area contributed by atoms with Crippen molar-refractivity contribution in [1.82, 2.24) is 4.90 Å². The molecule has 0 N–H and O–H groups in total. The first kappa shape index (κ1) is 29.7. The van der Waals surface area contributed by atoms with E-state index in [4.69, 9.17) is 0 Å². The topological polar surface area (TPSA) is 37.4 Å². The number of hydrogen-bond donors (Lipinski definition) is 0. The minimum atomic E-state index is -0.317. The monoisotopic (exact) mass is 507 g/mol. The molecule has 37 heavy (non-hydrogen) atoms. The predicted octanol–water partition coefficient (Wildman–Crippen LogP) is 8.88. The van der Waals surface area contributed by atoms with Gasteiger partial charge in [0.25, 0.3) is 11.8 Å². The van der Waals surface area contributed by atoms with Crippen molar-refractivity contribution in [2.45, 2.75) is 126 Å². The summed E-state index contributed by atoms with van der Waals surface area (Å²) in [7, 11) is 0. The second-order valence-corrected chi connectivity index (χ2v) is 13.9. The molecule has 1 aliphatic heterocycles. The zero-order valence-corrected chi connectivity index (χ0v) is 26.1. The first-order chi connectivity index (χ1) is 17.0. The standard InChI is InChI=1S/C34H53NO2/c1-18(2)25-17-26-31(30(20(5)6)29(25)19(3)4)33(21(7)8,22(9)10)34(23(11)12,24(13)14)32(26)35-27(36)15-16-28(35)37/h15-24,32H,1-14H3/t32-/m0/s1. The van der Waals surface area contributed by atoms with Crippen LogP contribution in [0.4, 0.5) is 0 Å². The van der Waals surface area contributed by atoms with Crippen molar-refractivity contribution in [2.75, 3.05) is 0 Å². The highest BCUT2D eigenvalue weighted by molar-refractivity contribution is 6.13. The number of benzene rings is 1. The Labute approximate surface area is 227 Å². The van der Waals surface area contributed by atoms with Gasteiger partial charge in [-0.15, -0.1) is 0 Å². The lowest BCUT2D eigenvalue weighted by molar-refractivity contribution is -0.153. The molecule has 206 valence electrons. The molecule has 1 aliphatic carbocycles. The lowest BCUT2D eigenvalue weighted by Gasteiger charge is -2.60. The second-order valence-electron chi connectivity index (χ2n) is 13.9. The van der Waals surface area contributed by atoms with E-state index >= 15 is 0 Å². The van der Waals surface area contributed by atoms with Gasteiger partial charge >= 0.3 is 0 Å². The Hall–Kier alpha value is -1.90. The van der Waals surface area contributed by atoms with Crippen LogP contribution in [0.1, 0.15) is 149 Å². The molecule has 0 saturated carbocycles. The molecule has 0 bridgehead atoms. The number of rotatable bonds is 8. The summed E-state index contributed by atoms with van der Waals surface area (Å²) in [6, 6.07) is 2.13. The summed E-state index contributed by atoms with van der Waals surface area (Å²) in [6.07, 6.45) is 2.96. The van der Waals surface area contributed by atoms with E-state index in [2.05, 4.69) is 103 Å². The zero-order chi connectivity index (χ0) is 28.4. The first-order valence-corrected chi connectivity index (χ1v) is 14.8. The third-order valence-electron chi connectivity index (χ3n) is 9.96. The first-order valence-electron chi connectivity index (χ1n) is 14.8. The van der Waals surface area contributed by atoms with E-state index in [-0.39, 0.29) is 40.5 Å². The average Bonchev–Trinajstić information content (AvgIpc) is 3.23. The normalized spacial score (nSPS) is 20.9. The largest absolute Gasteiger partial charge is 0.269 e. The van der Waals surface area contributed by atoms with Gasteiger partial charge in [0, 0.05) is 23.0 Å². The van der Waals surface area contributed by atoms with Gasteiger partial charge in [0.1, 0.15) is 0 Å². The van der Waals surface area contributed by atoms with Crippen LogP contribution in [-0.4, -0.2) is 16.7 Å². The van der Waals surface area contributed by atoms with E-state index in [1.54, 1.807) is 4.90 Å². The van der Waals surface area contributed by atoms with Gasteiger partial charge in [0.15, 0.2) is 0 Å². The Morgan fingerprint density at radius 1 is 0.622 bits per heavy atom. The van der Waals surface area contributed by atoms with E-state index in [1.165, 1.54) is 40.0 Å². The molecule has 0 fully saturated rings. The van der Waals surface area contributed by atoms with Gasteiger partial charge in [-0.05, 0) is 69.2 Å². The van der Waals surface area contributed by atoms with Crippen LogP contribution < -0.4 is 0 Å². The Balaban J connectivity index is 2.76. The van der Waals surface area contributed by atoms with Gasteiger partial charge in [0.2, 0.25) is 0 Å². The zero-order valence-electron chi connectivity index (χ0n) is 26.1. The maximum Gasteiger partial charge on any atom is 0.254 e. The SMILES string of the molecule is CC(C)c1cc2c(c(C(C)C)c1C(C)C)C(C(C)C)(C(C)C)C(C(C)C)(C(C)C)[C@H]2N1C(=O)C=CC1=O. The minimum Gasteiger partial charge on any atom is -0.269 e. The van der Waals surface area contributed by atoms with Gasteiger partial charge < -0.3 is 0 Å². The van der Waals surface area contributed by atoms with Crippen molar-refractivity contribution in [3.05, 3.63) is 46.0 Å². The fourth-order valence-electron chi connectivity index (χ4n) is 9.38. The molecule has 0 aromatic heterocycles. The van der Waals surface area contributed by atoms with Crippen LogP contribution in [0.25, 0.3) is 0 Å². The number of imide groups is 1. The quantitative estimate of drug-likeness (QED) is 0.329. The van der Waals surface area contributed by atoms with Crippen molar-refractivity contribution in [3.63, 3.8) is 0 Å². The summed E-state index contributed by atoms with van der Waals surface area (Å²) in [5.74, 6) is 1.89. The molecule has 1 aromatic rings. The maximum atomic E-state index is 13.5. The maximum absolute atomic E-state index is 13.5. The van der Waals surface area contributed by atoms with Crippen molar-refractivity contribution in [1.29, 1.82) is 0 Å². The van der Waals surface area contributed by atoms with Gasteiger partial charge in [0.05, 0.1) is 6.04 Å². The lowest BCUT2D eigenvalue weighted by Crippen LogP contribution is -2.60. The number of hydrogen-bond acceptors (Lipinski definition) is 2. The molecule has 3 heteroatoms. The highest BCUT2D eigenvalue weighted by atomic mass is 16.2. The van der Waals surface area contributed by atoms with E-state index in [0.29, 0.717) is 29.6 Å². The van der Waals surface area contributed by atoms with E-state index in [0.717, 1.165) is 0 Å². The summed E-state index contributed by atoms with van der Waals surface area (Å²) in [6.45, 7) is 32.8. The van der Waals surface area contributed by atoms with Crippen LogP contribution in [0.2, 0.25) is 0 Å². The number of amides is 2. The fourth-order valence-corrected chi connectivity index (χ4v) is 9.38. The average molecular weight is 508 g/mol. The molecule has 0 radical (unpaired) electrons. The molecular weight excluding hydrogens is 454 g/mol. The molecular formula is C34H53NO2. The van der Waals surface area contributed by atoms with Gasteiger partial charge in [-0.2, -0.15) is 0 Å². The Morgan fingerprint density at radius 3 is 1.38 bits per heavy atom. The highest BCUT2D eigenvalue weighted by Gasteiger charge is 2.70. The Morgan fingerprint density at radius 2 is 1.05 bits per heavy atom. The van der Waals surface area contributed by atoms with Crippen LogP contribution in [-0.2, 0) is 15.0 Å². The summed E-state index contributed by atoms with van der Waals surface area (Å²) >= 11 is 0. The summed E-state index contributed by atoms with van der Waals surface area (Å²) < 4.78 is 0. The van der Waals surface area contributed by atoms with Crippen LogP contribution in [0.3, 0.4) is 0 Å². The summed E-state index contributed by atoms with van der Waals surface area (Å²) in [4.78, 5) is 28.6. The number of fused-ring (bicyclic) bond motifs is 1. The smallest absolute Gasteiger partial charge is 0.254 e. The predicted molar refractivity (Wildman–Crippen MR) is 156 cm³/mol. The molecule has 0 unspecified atom stereocenters. The fraction of sp³-hybridized carbons (Fsp3) is 0.706. The molecule has 1 heterocycles. The molecule has 3 rings (SSSR count). The third-order valence-corrected chi connectivity index (χ3v) is 9.96. The van der Waals surface area contributed by atoms with Crippen LogP contribution in [0, 0.1) is 29.1 Å². The molecule has 0 spiro atoms. The van der Waals surface area contributed by atoms with Gasteiger partial charge in [-0.25, -0.2) is 0 Å².